The predicted molar refractivity (Wildman–Crippen MR) is 68.2 cm³/mol. The molecule has 0 atom stereocenters. The summed E-state index contributed by atoms with van der Waals surface area (Å²) in [6, 6.07) is 3.26. The van der Waals surface area contributed by atoms with Crippen molar-refractivity contribution in [3.63, 3.8) is 0 Å². The molecule has 0 amide bonds. The van der Waals surface area contributed by atoms with Gasteiger partial charge >= 0.3 is 11.9 Å². The second-order valence-electron chi connectivity index (χ2n) is 4.59. The van der Waals surface area contributed by atoms with E-state index in [1.54, 1.807) is 12.1 Å². The van der Waals surface area contributed by atoms with Crippen molar-refractivity contribution in [1.29, 1.82) is 0 Å². The summed E-state index contributed by atoms with van der Waals surface area (Å²) in [5, 5.41) is 19.8. The molecule has 0 radical (unpaired) electrons. The minimum absolute atomic E-state index is 0.0802. The summed E-state index contributed by atoms with van der Waals surface area (Å²) < 4.78 is 9.54. The first-order chi connectivity index (χ1) is 10.1. The Bertz CT molecular complexity index is 636. The summed E-state index contributed by atoms with van der Waals surface area (Å²) >= 11 is 0. The number of ether oxygens (including phenoxy) is 2. The quantitative estimate of drug-likeness (QED) is 0.796. The standard InChI is InChI=1S/C14H11NO6/c16-8-5-20-13(18)11(8)10(7-2-1-3-15-4-7)12-9(17)6-21-14(12)19/h1-4,10,16-17H,5-6H2. The molecule has 0 saturated carbocycles. The van der Waals surface area contributed by atoms with E-state index in [4.69, 9.17) is 9.47 Å². The molecule has 1 aromatic rings. The number of aromatic nitrogens is 1. The van der Waals surface area contributed by atoms with Crippen LogP contribution in [0.5, 0.6) is 0 Å². The van der Waals surface area contributed by atoms with Crippen molar-refractivity contribution in [2.24, 2.45) is 0 Å². The minimum Gasteiger partial charge on any atom is -0.508 e. The number of carbonyl (C=O) groups is 2. The summed E-state index contributed by atoms with van der Waals surface area (Å²) in [4.78, 5) is 27.6. The molecule has 0 fully saturated rings. The molecule has 0 aliphatic carbocycles. The highest BCUT2D eigenvalue weighted by molar-refractivity contribution is 6.00. The van der Waals surface area contributed by atoms with Gasteiger partial charge in [0.1, 0.15) is 24.7 Å². The summed E-state index contributed by atoms with van der Waals surface area (Å²) in [5.41, 5.74) is 0.310. The number of hydrogen-bond donors (Lipinski definition) is 2. The van der Waals surface area contributed by atoms with Crippen LogP contribution in [0.3, 0.4) is 0 Å². The van der Waals surface area contributed by atoms with E-state index in [-0.39, 0.29) is 35.9 Å². The average molecular weight is 289 g/mol. The number of aliphatic hydroxyl groups excluding tert-OH is 2. The molecule has 2 aliphatic rings. The van der Waals surface area contributed by atoms with Crippen LogP contribution in [0.2, 0.25) is 0 Å². The van der Waals surface area contributed by atoms with Gasteiger partial charge < -0.3 is 19.7 Å². The van der Waals surface area contributed by atoms with Gasteiger partial charge in [-0.1, -0.05) is 6.07 Å². The Morgan fingerprint density at radius 2 is 1.62 bits per heavy atom. The van der Waals surface area contributed by atoms with Crippen molar-refractivity contribution in [3.8, 4) is 0 Å². The third kappa shape index (κ3) is 2.12. The molecule has 7 nitrogen and oxygen atoms in total. The Kier molecular flexibility index (Phi) is 3.09. The number of carbonyl (C=O) groups excluding carboxylic acids is 2. The van der Waals surface area contributed by atoms with Crippen LogP contribution in [-0.4, -0.2) is 40.3 Å². The van der Waals surface area contributed by atoms with Crippen LogP contribution in [-0.2, 0) is 19.1 Å². The fourth-order valence-electron chi connectivity index (χ4n) is 2.41. The summed E-state index contributed by atoms with van der Waals surface area (Å²) in [5.74, 6) is -2.98. The largest absolute Gasteiger partial charge is 0.508 e. The molecule has 21 heavy (non-hydrogen) atoms. The fourth-order valence-corrected chi connectivity index (χ4v) is 2.41. The lowest BCUT2D eigenvalue weighted by Crippen LogP contribution is -2.17. The zero-order valence-corrected chi connectivity index (χ0v) is 10.8. The lowest BCUT2D eigenvalue weighted by Gasteiger charge is -2.16. The number of hydrogen-bond acceptors (Lipinski definition) is 7. The maximum absolute atomic E-state index is 11.9. The van der Waals surface area contributed by atoms with Gasteiger partial charge in [-0.25, -0.2) is 9.59 Å². The Hall–Kier alpha value is -2.83. The van der Waals surface area contributed by atoms with Gasteiger partial charge in [-0.2, -0.15) is 0 Å². The van der Waals surface area contributed by atoms with E-state index in [2.05, 4.69) is 4.98 Å². The van der Waals surface area contributed by atoms with E-state index in [9.17, 15) is 19.8 Å². The Morgan fingerprint density at radius 3 is 2.00 bits per heavy atom. The highest BCUT2D eigenvalue weighted by atomic mass is 16.6. The predicted octanol–water partition coefficient (Wildman–Crippen LogP) is 0.903. The Balaban J connectivity index is 2.18. The average Bonchev–Trinajstić information content (AvgIpc) is 2.98. The second kappa shape index (κ2) is 4.93. The van der Waals surface area contributed by atoms with Gasteiger partial charge in [-0.3, -0.25) is 4.98 Å². The summed E-state index contributed by atoms with van der Waals surface area (Å²) in [7, 11) is 0. The first-order valence-corrected chi connectivity index (χ1v) is 6.17. The maximum Gasteiger partial charge on any atom is 0.338 e. The number of aliphatic hydroxyl groups is 2. The van der Waals surface area contributed by atoms with Crippen LogP contribution in [0.4, 0.5) is 0 Å². The zero-order valence-electron chi connectivity index (χ0n) is 10.8. The monoisotopic (exact) mass is 289 g/mol. The lowest BCUT2D eigenvalue weighted by molar-refractivity contribution is -0.136. The van der Waals surface area contributed by atoms with E-state index in [0.29, 0.717) is 5.56 Å². The molecular formula is C14H11NO6. The SMILES string of the molecule is O=C1OCC(O)=C1C(C1=C(O)COC1=O)c1cccnc1. The molecule has 3 rings (SSSR count). The topological polar surface area (TPSA) is 106 Å². The number of rotatable bonds is 3. The highest BCUT2D eigenvalue weighted by Gasteiger charge is 2.41. The van der Waals surface area contributed by atoms with Crippen LogP contribution in [0.1, 0.15) is 11.5 Å². The Labute approximate surface area is 119 Å². The molecule has 0 unspecified atom stereocenters. The molecule has 3 heterocycles. The molecule has 7 heteroatoms. The molecule has 2 N–H and O–H groups in total. The second-order valence-corrected chi connectivity index (χ2v) is 4.59. The summed E-state index contributed by atoms with van der Waals surface area (Å²) in [6.07, 6.45) is 2.98. The van der Waals surface area contributed by atoms with Gasteiger partial charge in [0.15, 0.2) is 0 Å². The molecule has 0 aromatic carbocycles. The normalized spacial score (nSPS) is 18.5. The molecule has 1 aromatic heterocycles. The van der Waals surface area contributed by atoms with Crippen LogP contribution >= 0.6 is 0 Å². The molecule has 0 bridgehead atoms. The molecule has 0 saturated heterocycles. The Morgan fingerprint density at radius 1 is 1.05 bits per heavy atom. The van der Waals surface area contributed by atoms with Crippen molar-refractivity contribution in [2.75, 3.05) is 13.2 Å². The molecular weight excluding hydrogens is 278 g/mol. The smallest absolute Gasteiger partial charge is 0.338 e. The van der Waals surface area contributed by atoms with Crippen molar-refractivity contribution < 1.29 is 29.3 Å². The third-order valence-corrected chi connectivity index (χ3v) is 3.34. The maximum atomic E-state index is 11.9. The minimum atomic E-state index is -0.969. The van der Waals surface area contributed by atoms with Crippen LogP contribution in [0.15, 0.2) is 47.2 Å². The van der Waals surface area contributed by atoms with E-state index in [1.807, 2.05) is 0 Å². The lowest BCUT2D eigenvalue weighted by atomic mass is 9.84. The van der Waals surface area contributed by atoms with Crippen molar-refractivity contribution in [2.45, 2.75) is 5.92 Å². The van der Waals surface area contributed by atoms with E-state index in [1.165, 1.54) is 12.4 Å². The number of pyridine rings is 1. The van der Waals surface area contributed by atoms with Gasteiger partial charge in [0.25, 0.3) is 0 Å². The van der Waals surface area contributed by atoms with E-state index >= 15 is 0 Å². The number of nitrogens with zero attached hydrogens (tertiary/aromatic N) is 1. The molecule has 0 spiro atoms. The van der Waals surface area contributed by atoms with Crippen molar-refractivity contribution in [3.05, 3.63) is 52.8 Å². The van der Waals surface area contributed by atoms with Crippen LogP contribution in [0.25, 0.3) is 0 Å². The first kappa shape index (κ1) is 13.2. The first-order valence-electron chi connectivity index (χ1n) is 6.17. The van der Waals surface area contributed by atoms with Gasteiger partial charge in [0.2, 0.25) is 0 Å². The van der Waals surface area contributed by atoms with Crippen molar-refractivity contribution in [1.82, 2.24) is 4.98 Å². The third-order valence-electron chi connectivity index (χ3n) is 3.34. The van der Waals surface area contributed by atoms with Crippen LogP contribution in [0, 0.1) is 0 Å². The van der Waals surface area contributed by atoms with Gasteiger partial charge in [0, 0.05) is 12.4 Å². The number of esters is 2. The fraction of sp³-hybridized carbons (Fsp3) is 0.214. The van der Waals surface area contributed by atoms with Crippen LogP contribution < -0.4 is 0 Å². The molecule has 2 aliphatic heterocycles. The molecule has 108 valence electrons. The van der Waals surface area contributed by atoms with Gasteiger partial charge in [-0.05, 0) is 11.6 Å². The van der Waals surface area contributed by atoms with E-state index < -0.39 is 17.9 Å². The summed E-state index contributed by atoms with van der Waals surface area (Å²) in [6.45, 7) is -0.512. The number of cyclic esters (lactones) is 2. The van der Waals surface area contributed by atoms with Gasteiger partial charge in [0.05, 0.1) is 17.1 Å². The highest BCUT2D eigenvalue weighted by Crippen LogP contribution is 2.39. The van der Waals surface area contributed by atoms with Crippen molar-refractivity contribution >= 4 is 11.9 Å². The van der Waals surface area contributed by atoms with E-state index in [0.717, 1.165) is 0 Å². The van der Waals surface area contributed by atoms with Gasteiger partial charge in [-0.15, -0.1) is 0 Å². The zero-order chi connectivity index (χ0) is 15.0.